The second-order valence-corrected chi connectivity index (χ2v) is 3.59. The van der Waals surface area contributed by atoms with Gasteiger partial charge < -0.3 is 4.74 Å². The predicted octanol–water partition coefficient (Wildman–Crippen LogP) is 3.70. The van der Waals surface area contributed by atoms with Gasteiger partial charge in [-0.05, 0) is 24.6 Å². The molecule has 0 atom stereocenters. The van der Waals surface area contributed by atoms with Crippen molar-refractivity contribution in [2.45, 2.75) is 25.9 Å². The number of carbonyl (C=O) groups excluding carboxylic acids is 1. The van der Waals surface area contributed by atoms with Crippen LogP contribution in [0.4, 0.5) is 13.2 Å². The lowest BCUT2D eigenvalue weighted by atomic mass is 10.0. The van der Waals surface area contributed by atoms with Crippen LogP contribution < -0.4 is 4.74 Å². The van der Waals surface area contributed by atoms with Gasteiger partial charge in [-0.25, -0.2) is 0 Å². The highest BCUT2D eigenvalue weighted by molar-refractivity contribution is 5.98. The molecule has 17 heavy (non-hydrogen) atoms. The molecule has 5 heteroatoms. The molecule has 0 spiro atoms. The van der Waals surface area contributed by atoms with E-state index in [9.17, 15) is 18.0 Å². The Balaban J connectivity index is 3.14. The van der Waals surface area contributed by atoms with Crippen LogP contribution in [-0.4, -0.2) is 12.9 Å². The van der Waals surface area contributed by atoms with Crippen molar-refractivity contribution in [3.63, 3.8) is 0 Å². The van der Waals surface area contributed by atoms with E-state index in [4.69, 9.17) is 4.74 Å². The summed E-state index contributed by atoms with van der Waals surface area (Å²) >= 11 is 0. The molecule has 0 N–H and O–H groups in total. The van der Waals surface area contributed by atoms with E-state index in [1.807, 2.05) is 6.92 Å². The van der Waals surface area contributed by atoms with Gasteiger partial charge in [0.2, 0.25) is 0 Å². The zero-order valence-electron chi connectivity index (χ0n) is 9.60. The first-order valence-corrected chi connectivity index (χ1v) is 5.18. The van der Waals surface area contributed by atoms with Crippen LogP contribution in [0.5, 0.6) is 5.75 Å². The third-order valence-electron chi connectivity index (χ3n) is 2.31. The Bertz CT molecular complexity index is 411. The molecule has 0 aromatic heterocycles. The number of hydrogen-bond donors (Lipinski definition) is 0. The number of halogens is 3. The van der Waals surface area contributed by atoms with Gasteiger partial charge in [0.25, 0.3) is 0 Å². The number of benzene rings is 1. The van der Waals surface area contributed by atoms with Gasteiger partial charge >= 0.3 is 6.18 Å². The summed E-state index contributed by atoms with van der Waals surface area (Å²) in [5.41, 5.74) is -0.621. The molecule has 0 heterocycles. The molecular formula is C12H13F3O2. The molecule has 0 bridgehead atoms. The van der Waals surface area contributed by atoms with Crippen LogP contribution in [0.2, 0.25) is 0 Å². The number of ketones is 1. The lowest BCUT2D eigenvalue weighted by Gasteiger charge is -2.11. The number of Topliss-reactive ketones (excluding diaryl/α,β-unsaturated/α-hetero) is 1. The predicted molar refractivity (Wildman–Crippen MR) is 57.2 cm³/mol. The number of carbonyl (C=O) groups is 1. The van der Waals surface area contributed by atoms with Crippen LogP contribution in [0.25, 0.3) is 0 Å². The molecule has 1 rings (SSSR count). The summed E-state index contributed by atoms with van der Waals surface area (Å²) in [7, 11) is 1.25. The Morgan fingerprint density at radius 3 is 2.47 bits per heavy atom. The molecule has 0 radical (unpaired) electrons. The van der Waals surface area contributed by atoms with Gasteiger partial charge in [-0.3, -0.25) is 4.79 Å². The van der Waals surface area contributed by atoms with E-state index in [-0.39, 0.29) is 17.1 Å². The number of methoxy groups -OCH3 is 1. The van der Waals surface area contributed by atoms with Gasteiger partial charge in [-0.1, -0.05) is 6.92 Å². The monoisotopic (exact) mass is 246 g/mol. The highest BCUT2D eigenvalue weighted by atomic mass is 19.4. The van der Waals surface area contributed by atoms with Crippen molar-refractivity contribution in [1.29, 1.82) is 0 Å². The third-order valence-corrected chi connectivity index (χ3v) is 2.31. The topological polar surface area (TPSA) is 26.3 Å². The molecule has 0 fully saturated rings. The molecule has 2 nitrogen and oxygen atoms in total. The van der Waals surface area contributed by atoms with E-state index in [1.165, 1.54) is 13.2 Å². The van der Waals surface area contributed by atoms with Crippen LogP contribution in [0.15, 0.2) is 18.2 Å². The summed E-state index contributed by atoms with van der Waals surface area (Å²) in [6.45, 7) is 1.83. The quantitative estimate of drug-likeness (QED) is 0.757. The summed E-state index contributed by atoms with van der Waals surface area (Å²) in [4.78, 5) is 11.6. The second kappa shape index (κ2) is 5.21. The van der Waals surface area contributed by atoms with E-state index in [0.29, 0.717) is 12.8 Å². The first kappa shape index (κ1) is 13.5. The summed E-state index contributed by atoms with van der Waals surface area (Å²) in [6, 6.07) is 2.91. The molecule has 0 aliphatic rings. The van der Waals surface area contributed by atoms with Gasteiger partial charge in [0.15, 0.2) is 5.78 Å². The fourth-order valence-corrected chi connectivity index (χ4v) is 1.46. The zero-order valence-corrected chi connectivity index (χ0v) is 9.60. The van der Waals surface area contributed by atoms with Gasteiger partial charge in [0.1, 0.15) is 5.75 Å². The standard InChI is InChI=1S/C12H13F3O2/c1-3-4-10(16)9-6-5-8(12(13,14)15)7-11(9)17-2/h5-7H,3-4H2,1-2H3. The number of hydrogen-bond acceptors (Lipinski definition) is 2. The van der Waals surface area contributed by atoms with Crippen LogP contribution >= 0.6 is 0 Å². The normalized spacial score (nSPS) is 11.4. The maximum Gasteiger partial charge on any atom is 0.416 e. The Hall–Kier alpha value is -1.52. The van der Waals surface area contributed by atoms with Crippen molar-refractivity contribution in [1.82, 2.24) is 0 Å². The average molecular weight is 246 g/mol. The van der Waals surface area contributed by atoms with E-state index in [0.717, 1.165) is 12.1 Å². The molecule has 94 valence electrons. The van der Waals surface area contributed by atoms with Gasteiger partial charge in [-0.2, -0.15) is 13.2 Å². The van der Waals surface area contributed by atoms with Crippen molar-refractivity contribution in [3.05, 3.63) is 29.3 Å². The minimum Gasteiger partial charge on any atom is -0.496 e. The molecule has 0 aliphatic carbocycles. The Labute approximate surface area is 97.4 Å². The molecule has 1 aromatic carbocycles. The lowest BCUT2D eigenvalue weighted by Crippen LogP contribution is -2.08. The highest BCUT2D eigenvalue weighted by Gasteiger charge is 2.31. The second-order valence-electron chi connectivity index (χ2n) is 3.59. The van der Waals surface area contributed by atoms with Crippen molar-refractivity contribution in [2.75, 3.05) is 7.11 Å². The average Bonchev–Trinajstić information content (AvgIpc) is 2.27. The fourth-order valence-electron chi connectivity index (χ4n) is 1.46. The summed E-state index contributed by atoms with van der Waals surface area (Å²) in [6.07, 6.45) is -3.50. The van der Waals surface area contributed by atoms with Crippen LogP contribution in [0.3, 0.4) is 0 Å². The number of rotatable bonds is 4. The molecule has 0 aliphatic heterocycles. The first-order chi connectivity index (χ1) is 7.90. The molecule has 1 aromatic rings. The molecular weight excluding hydrogens is 233 g/mol. The van der Waals surface area contributed by atoms with Crippen LogP contribution in [0, 0.1) is 0 Å². The van der Waals surface area contributed by atoms with E-state index in [2.05, 4.69) is 0 Å². The van der Waals surface area contributed by atoms with Crippen LogP contribution in [-0.2, 0) is 6.18 Å². The van der Waals surface area contributed by atoms with Gasteiger partial charge in [0, 0.05) is 6.42 Å². The SMILES string of the molecule is CCCC(=O)c1ccc(C(F)(F)F)cc1OC. The van der Waals surface area contributed by atoms with Gasteiger partial charge in [0.05, 0.1) is 18.2 Å². The molecule has 0 saturated carbocycles. The lowest BCUT2D eigenvalue weighted by molar-refractivity contribution is -0.137. The Morgan fingerprint density at radius 1 is 1.35 bits per heavy atom. The summed E-state index contributed by atoms with van der Waals surface area (Å²) in [5.74, 6) is -0.239. The minimum atomic E-state index is -4.43. The minimum absolute atomic E-state index is 0.0294. The van der Waals surface area contributed by atoms with Crippen molar-refractivity contribution >= 4 is 5.78 Å². The largest absolute Gasteiger partial charge is 0.496 e. The van der Waals surface area contributed by atoms with E-state index < -0.39 is 11.7 Å². The summed E-state index contributed by atoms with van der Waals surface area (Å²) in [5, 5.41) is 0. The Kier molecular flexibility index (Phi) is 4.15. The highest BCUT2D eigenvalue weighted by Crippen LogP contribution is 2.33. The van der Waals surface area contributed by atoms with Crippen molar-refractivity contribution in [3.8, 4) is 5.75 Å². The molecule has 0 unspecified atom stereocenters. The smallest absolute Gasteiger partial charge is 0.416 e. The maximum atomic E-state index is 12.4. The fraction of sp³-hybridized carbons (Fsp3) is 0.417. The molecule has 0 saturated heterocycles. The summed E-state index contributed by atoms with van der Waals surface area (Å²) < 4.78 is 42.2. The third kappa shape index (κ3) is 3.22. The zero-order chi connectivity index (χ0) is 13.1. The maximum absolute atomic E-state index is 12.4. The number of alkyl halides is 3. The van der Waals surface area contributed by atoms with Gasteiger partial charge in [-0.15, -0.1) is 0 Å². The first-order valence-electron chi connectivity index (χ1n) is 5.18. The van der Waals surface area contributed by atoms with Crippen LogP contribution in [0.1, 0.15) is 35.7 Å². The number of ether oxygens (including phenoxy) is 1. The van der Waals surface area contributed by atoms with Crippen molar-refractivity contribution < 1.29 is 22.7 Å². The Morgan fingerprint density at radius 2 is 2.00 bits per heavy atom. The van der Waals surface area contributed by atoms with Crippen molar-refractivity contribution in [2.24, 2.45) is 0 Å². The molecule has 0 amide bonds. The van der Waals surface area contributed by atoms with E-state index in [1.54, 1.807) is 0 Å². The van der Waals surface area contributed by atoms with E-state index >= 15 is 0 Å².